The summed E-state index contributed by atoms with van der Waals surface area (Å²) in [6, 6.07) is 11.0. The molecule has 3 rings (SSSR count). The Morgan fingerprint density at radius 2 is 2.00 bits per heavy atom. The number of amides is 1. The number of carbonyl (C=O) groups is 1. The summed E-state index contributed by atoms with van der Waals surface area (Å²) in [4.78, 5) is 16.4. The molecule has 0 spiro atoms. The first-order valence-electron chi connectivity index (χ1n) is 8.41. The lowest BCUT2D eigenvalue weighted by Gasteiger charge is -2.31. The summed E-state index contributed by atoms with van der Waals surface area (Å²) in [6.07, 6.45) is 1.68. The predicted octanol–water partition coefficient (Wildman–Crippen LogP) is 2.35. The molecule has 1 aliphatic rings. The third-order valence-corrected chi connectivity index (χ3v) is 4.48. The SMILES string of the molecule is COc1ccc(Oc2cc(CNC(=O)C(C)C3CNC3)ccn2)cc1. The van der Waals surface area contributed by atoms with Gasteiger partial charge in [-0.15, -0.1) is 0 Å². The molecule has 1 amide bonds. The fourth-order valence-electron chi connectivity index (χ4n) is 2.61. The van der Waals surface area contributed by atoms with E-state index in [0.29, 0.717) is 24.1 Å². The number of methoxy groups -OCH3 is 1. The first-order valence-corrected chi connectivity index (χ1v) is 8.41. The van der Waals surface area contributed by atoms with Crippen molar-refractivity contribution in [2.75, 3.05) is 20.2 Å². The first kappa shape index (κ1) is 17.2. The summed E-state index contributed by atoms with van der Waals surface area (Å²) in [6.45, 7) is 4.28. The Bertz CT molecular complexity index is 714. The van der Waals surface area contributed by atoms with E-state index in [9.17, 15) is 4.79 Å². The number of benzene rings is 1. The van der Waals surface area contributed by atoms with Crippen LogP contribution in [0.4, 0.5) is 0 Å². The van der Waals surface area contributed by atoms with Gasteiger partial charge < -0.3 is 20.1 Å². The molecular weight excluding hydrogens is 318 g/mol. The minimum atomic E-state index is 0.0260. The number of carbonyl (C=O) groups excluding carboxylic acids is 1. The van der Waals surface area contributed by atoms with Crippen molar-refractivity contribution in [2.45, 2.75) is 13.5 Å². The fraction of sp³-hybridized carbons (Fsp3) is 0.368. The van der Waals surface area contributed by atoms with Gasteiger partial charge in [-0.3, -0.25) is 4.79 Å². The number of ether oxygens (including phenoxy) is 2. The maximum Gasteiger partial charge on any atom is 0.223 e. The van der Waals surface area contributed by atoms with Crippen molar-refractivity contribution in [1.29, 1.82) is 0 Å². The normalized spacial score (nSPS) is 15.1. The molecule has 0 radical (unpaired) electrons. The van der Waals surface area contributed by atoms with Crippen LogP contribution in [0, 0.1) is 11.8 Å². The van der Waals surface area contributed by atoms with Crippen LogP contribution in [-0.4, -0.2) is 31.1 Å². The van der Waals surface area contributed by atoms with E-state index in [1.165, 1.54) is 0 Å². The van der Waals surface area contributed by atoms with Crippen LogP contribution in [0.3, 0.4) is 0 Å². The molecule has 132 valence electrons. The molecule has 2 N–H and O–H groups in total. The molecule has 6 heteroatoms. The monoisotopic (exact) mass is 341 g/mol. The largest absolute Gasteiger partial charge is 0.497 e. The Hall–Kier alpha value is -2.60. The molecular formula is C19H23N3O3. The average Bonchev–Trinajstić information content (AvgIpc) is 2.59. The van der Waals surface area contributed by atoms with Gasteiger partial charge in [0.2, 0.25) is 11.8 Å². The van der Waals surface area contributed by atoms with Crippen molar-refractivity contribution >= 4 is 5.91 Å². The Kier molecular flexibility index (Phi) is 5.50. The van der Waals surface area contributed by atoms with Crippen LogP contribution in [0.5, 0.6) is 17.4 Å². The van der Waals surface area contributed by atoms with E-state index in [1.807, 2.05) is 43.3 Å². The average molecular weight is 341 g/mol. The number of nitrogens with one attached hydrogen (secondary N) is 2. The van der Waals surface area contributed by atoms with E-state index in [0.717, 1.165) is 24.4 Å². The van der Waals surface area contributed by atoms with Crippen LogP contribution in [-0.2, 0) is 11.3 Å². The lowest BCUT2D eigenvalue weighted by atomic mass is 9.88. The summed E-state index contributed by atoms with van der Waals surface area (Å²) in [5.41, 5.74) is 0.950. The highest BCUT2D eigenvalue weighted by atomic mass is 16.5. The standard InChI is InChI=1S/C19H23N3O3/c1-13(15-11-20-12-15)19(23)22-10-14-7-8-21-18(9-14)25-17-5-3-16(24-2)4-6-17/h3-9,13,15,20H,10-12H2,1-2H3,(H,22,23). The molecule has 25 heavy (non-hydrogen) atoms. The second-order valence-corrected chi connectivity index (χ2v) is 6.20. The number of aromatic nitrogens is 1. The molecule has 2 heterocycles. The number of nitrogens with zero attached hydrogens (tertiary/aromatic N) is 1. The number of rotatable bonds is 7. The van der Waals surface area contributed by atoms with Crippen LogP contribution in [0.15, 0.2) is 42.6 Å². The number of pyridine rings is 1. The lowest BCUT2D eigenvalue weighted by molar-refractivity contribution is -0.126. The third-order valence-electron chi connectivity index (χ3n) is 4.48. The third kappa shape index (κ3) is 4.48. The Labute approximate surface area is 147 Å². The van der Waals surface area contributed by atoms with Gasteiger partial charge in [-0.25, -0.2) is 4.98 Å². The highest BCUT2D eigenvalue weighted by Crippen LogP contribution is 2.23. The lowest BCUT2D eigenvalue weighted by Crippen LogP contribution is -2.49. The smallest absolute Gasteiger partial charge is 0.223 e. The summed E-state index contributed by atoms with van der Waals surface area (Å²) >= 11 is 0. The summed E-state index contributed by atoms with van der Waals surface area (Å²) in [5.74, 6) is 2.49. The Morgan fingerprint density at radius 1 is 1.28 bits per heavy atom. The number of hydrogen-bond donors (Lipinski definition) is 2. The Balaban J connectivity index is 1.56. The molecule has 1 fully saturated rings. The van der Waals surface area contributed by atoms with Gasteiger partial charge in [-0.1, -0.05) is 6.92 Å². The van der Waals surface area contributed by atoms with Gasteiger partial charge in [0.15, 0.2) is 0 Å². The van der Waals surface area contributed by atoms with Crippen molar-refractivity contribution in [3.8, 4) is 17.4 Å². The van der Waals surface area contributed by atoms with Crippen LogP contribution in [0.1, 0.15) is 12.5 Å². The van der Waals surface area contributed by atoms with Gasteiger partial charge in [0.05, 0.1) is 7.11 Å². The molecule has 1 atom stereocenters. The minimum absolute atomic E-state index is 0.0260. The first-order chi connectivity index (χ1) is 12.2. The molecule has 0 bridgehead atoms. The van der Waals surface area contributed by atoms with Gasteiger partial charge in [-0.2, -0.15) is 0 Å². The molecule has 1 unspecified atom stereocenters. The molecule has 6 nitrogen and oxygen atoms in total. The van der Waals surface area contributed by atoms with Gasteiger partial charge >= 0.3 is 0 Å². The highest BCUT2D eigenvalue weighted by Gasteiger charge is 2.28. The molecule has 0 saturated carbocycles. The quantitative estimate of drug-likeness (QED) is 0.809. The predicted molar refractivity (Wildman–Crippen MR) is 94.7 cm³/mol. The van der Waals surface area contributed by atoms with Crippen LogP contribution < -0.4 is 20.1 Å². The van der Waals surface area contributed by atoms with Gasteiger partial charge in [0, 0.05) is 24.7 Å². The molecule has 1 aromatic carbocycles. The van der Waals surface area contributed by atoms with E-state index in [1.54, 1.807) is 13.3 Å². The van der Waals surface area contributed by atoms with Crippen LogP contribution in [0.2, 0.25) is 0 Å². The van der Waals surface area contributed by atoms with Crippen LogP contribution in [0.25, 0.3) is 0 Å². The van der Waals surface area contributed by atoms with E-state index in [-0.39, 0.29) is 11.8 Å². The zero-order valence-corrected chi connectivity index (χ0v) is 14.5. The van der Waals surface area contributed by atoms with Gasteiger partial charge in [0.1, 0.15) is 11.5 Å². The molecule has 1 aliphatic heterocycles. The molecule has 0 aliphatic carbocycles. The van der Waals surface area contributed by atoms with Crippen molar-refractivity contribution < 1.29 is 14.3 Å². The van der Waals surface area contributed by atoms with E-state index in [4.69, 9.17) is 9.47 Å². The summed E-state index contributed by atoms with van der Waals surface area (Å²) < 4.78 is 10.9. The van der Waals surface area contributed by atoms with Crippen LogP contribution >= 0.6 is 0 Å². The minimum Gasteiger partial charge on any atom is -0.497 e. The van der Waals surface area contributed by atoms with E-state index < -0.39 is 0 Å². The highest BCUT2D eigenvalue weighted by molar-refractivity contribution is 5.78. The zero-order chi connectivity index (χ0) is 17.6. The maximum atomic E-state index is 12.2. The van der Waals surface area contributed by atoms with E-state index >= 15 is 0 Å². The number of hydrogen-bond acceptors (Lipinski definition) is 5. The van der Waals surface area contributed by atoms with E-state index in [2.05, 4.69) is 15.6 Å². The zero-order valence-electron chi connectivity index (χ0n) is 14.5. The second-order valence-electron chi connectivity index (χ2n) is 6.20. The molecule has 1 saturated heterocycles. The topological polar surface area (TPSA) is 72.5 Å². The summed E-state index contributed by atoms with van der Waals surface area (Å²) in [7, 11) is 1.62. The maximum absolute atomic E-state index is 12.2. The fourth-order valence-corrected chi connectivity index (χ4v) is 2.61. The molecule has 1 aromatic heterocycles. The van der Waals surface area contributed by atoms with Crippen molar-refractivity contribution in [2.24, 2.45) is 11.8 Å². The van der Waals surface area contributed by atoms with Crippen molar-refractivity contribution in [3.05, 3.63) is 48.2 Å². The van der Waals surface area contributed by atoms with Crippen molar-refractivity contribution in [3.63, 3.8) is 0 Å². The molecule has 2 aromatic rings. The second kappa shape index (κ2) is 7.98. The van der Waals surface area contributed by atoms with Crippen molar-refractivity contribution in [1.82, 2.24) is 15.6 Å². The summed E-state index contributed by atoms with van der Waals surface area (Å²) in [5, 5.41) is 6.18. The Morgan fingerprint density at radius 3 is 2.64 bits per heavy atom. The van der Waals surface area contributed by atoms with Gasteiger partial charge in [-0.05, 0) is 54.9 Å². The van der Waals surface area contributed by atoms with Gasteiger partial charge in [0.25, 0.3) is 0 Å².